The largest absolute Gasteiger partial charge is 0.390 e. The van der Waals surface area contributed by atoms with Crippen LogP contribution in [0.3, 0.4) is 0 Å². The first kappa shape index (κ1) is 23.2. The van der Waals surface area contributed by atoms with Crippen molar-refractivity contribution in [3.63, 3.8) is 0 Å². The maximum Gasteiger partial charge on any atom is 0.251 e. The molecular weight excluding hydrogens is 418 g/mol. The number of aromatic nitrogens is 1. The Hall–Kier alpha value is -2.97. The molecule has 1 fully saturated rings. The van der Waals surface area contributed by atoms with Crippen LogP contribution in [0.15, 0.2) is 42.6 Å². The molecule has 1 aromatic heterocycles. The number of carbonyl (C=O) groups excluding carboxylic acids is 2. The van der Waals surface area contributed by atoms with Gasteiger partial charge in [0.05, 0.1) is 12.1 Å². The van der Waals surface area contributed by atoms with E-state index in [9.17, 15) is 14.7 Å². The Labute approximate surface area is 195 Å². The number of aliphatic hydroxyl groups excluding tert-OH is 1. The zero-order valence-corrected chi connectivity index (χ0v) is 19.3. The number of carbonyl (C=O) groups is 2. The van der Waals surface area contributed by atoms with E-state index in [-0.39, 0.29) is 30.3 Å². The quantitative estimate of drug-likeness (QED) is 0.563. The summed E-state index contributed by atoms with van der Waals surface area (Å²) >= 11 is 0. The van der Waals surface area contributed by atoms with Gasteiger partial charge in [0.2, 0.25) is 5.91 Å². The number of rotatable bonds is 8. The highest BCUT2D eigenvalue weighted by Crippen LogP contribution is 2.19. The SMILES string of the molecule is CC(C)C(=O)N1CC(Nc2cc(C(=O)NCC(O)CN3CCc4ccccc4C3)ccn2)C1. The van der Waals surface area contributed by atoms with Crippen molar-refractivity contribution in [3.8, 4) is 0 Å². The van der Waals surface area contributed by atoms with Crippen molar-refractivity contribution in [2.24, 2.45) is 5.92 Å². The summed E-state index contributed by atoms with van der Waals surface area (Å²) in [5, 5.41) is 16.6. The minimum atomic E-state index is -0.641. The van der Waals surface area contributed by atoms with Crippen molar-refractivity contribution >= 4 is 17.6 Å². The lowest BCUT2D eigenvalue weighted by Crippen LogP contribution is -2.58. The van der Waals surface area contributed by atoms with Crippen LogP contribution in [0.25, 0.3) is 0 Å². The molecule has 0 aliphatic carbocycles. The number of hydrogen-bond donors (Lipinski definition) is 3. The van der Waals surface area contributed by atoms with Crippen molar-refractivity contribution in [2.45, 2.75) is 39.0 Å². The Balaban J connectivity index is 1.22. The lowest BCUT2D eigenvalue weighted by atomic mass is 10.00. The highest BCUT2D eigenvalue weighted by Gasteiger charge is 2.31. The van der Waals surface area contributed by atoms with Gasteiger partial charge in [0.25, 0.3) is 5.91 Å². The normalized spacial score (nSPS) is 17.3. The number of nitrogens with one attached hydrogen (secondary N) is 2. The molecule has 176 valence electrons. The van der Waals surface area contributed by atoms with E-state index < -0.39 is 6.10 Å². The van der Waals surface area contributed by atoms with E-state index in [0.717, 1.165) is 19.5 Å². The van der Waals surface area contributed by atoms with Gasteiger partial charge in [-0.25, -0.2) is 4.98 Å². The minimum Gasteiger partial charge on any atom is -0.390 e. The zero-order valence-electron chi connectivity index (χ0n) is 19.3. The lowest BCUT2D eigenvalue weighted by Gasteiger charge is -2.40. The first-order valence-corrected chi connectivity index (χ1v) is 11.7. The van der Waals surface area contributed by atoms with Gasteiger partial charge in [-0.2, -0.15) is 0 Å². The fourth-order valence-corrected chi connectivity index (χ4v) is 4.36. The molecule has 0 spiro atoms. The average Bonchev–Trinajstić information content (AvgIpc) is 2.79. The topological polar surface area (TPSA) is 97.8 Å². The van der Waals surface area contributed by atoms with Crippen LogP contribution in [0.1, 0.15) is 35.3 Å². The van der Waals surface area contributed by atoms with E-state index in [1.165, 1.54) is 11.1 Å². The third-order valence-electron chi connectivity index (χ3n) is 6.24. The lowest BCUT2D eigenvalue weighted by molar-refractivity contribution is -0.138. The van der Waals surface area contributed by atoms with Gasteiger partial charge < -0.3 is 20.6 Å². The summed E-state index contributed by atoms with van der Waals surface area (Å²) in [6, 6.07) is 11.9. The van der Waals surface area contributed by atoms with E-state index in [0.29, 0.717) is 31.0 Å². The van der Waals surface area contributed by atoms with Crippen LogP contribution in [0, 0.1) is 5.92 Å². The maximum atomic E-state index is 12.6. The van der Waals surface area contributed by atoms with E-state index >= 15 is 0 Å². The van der Waals surface area contributed by atoms with Gasteiger partial charge in [-0.1, -0.05) is 38.1 Å². The number of benzene rings is 1. The highest BCUT2D eigenvalue weighted by molar-refractivity contribution is 5.94. The monoisotopic (exact) mass is 451 g/mol. The maximum absolute atomic E-state index is 12.6. The summed E-state index contributed by atoms with van der Waals surface area (Å²) in [7, 11) is 0. The van der Waals surface area contributed by atoms with Crippen molar-refractivity contribution in [3.05, 3.63) is 59.3 Å². The molecule has 0 radical (unpaired) electrons. The Morgan fingerprint density at radius 3 is 2.70 bits per heavy atom. The first-order chi connectivity index (χ1) is 15.9. The standard InChI is InChI=1S/C25H33N5O3/c1-17(2)25(33)30-14-21(15-30)28-23-11-19(7-9-26-23)24(32)27-12-22(31)16-29-10-8-18-5-3-4-6-20(18)13-29/h3-7,9,11,17,21-22,31H,8,10,12-16H2,1-2H3,(H,26,28)(H,27,32). The third kappa shape index (κ3) is 5.89. The molecule has 1 unspecified atom stereocenters. The fourth-order valence-electron chi connectivity index (χ4n) is 4.36. The molecule has 3 heterocycles. The number of hydrogen-bond acceptors (Lipinski definition) is 6. The van der Waals surface area contributed by atoms with Crippen molar-refractivity contribution in [1.82, 2.24) is 20.1 Å². The van der Waals surface area contributed by atoms with Crippen LogP contribution >= 0.6 is 0 Å². The molecule has 1 atom stereocenters. The first-order valence-electron chi connectivity index (χ1n) is 11.7. The second-order valence-electron chi connectivity index (χ2n) is 9.29. The summed E-state index contributed by atoms with van der Waals surface area (Å²) in [6.45, 7) is 7.52. The molecule has 0 bridgehead atoms. The minimum absolute atomic E-state index is 0.00262. The number of likely N-dealkylation sites (tertiary alicyclic amines) is 1. The number of β-amino-alcohol motifs (C(OH)–C–C–N with tert-alkyl or cyclic N) is 1. The molecule has 4 rings (SSSR count). The summed E-state index contributed by atoms with van der Waals surface area (Å²) < 4.78 is 0. The van der Waals surface area contributed by atoms with Gasteiger partial charge in [-0.15, -0.1) is 0 Å². The molecule has 2 aliphatic rings. The van der Waals surface area contributed by atoms with Gasteiger partial charge in [-0.3, -0.25) is 14.5 Å². The second kappa shape index (κ2) is 10.3. The Kier molecular flexibility index (Phi) is 7.25. The van der Waals surface area contributed by atoms with E-state index in [1.807, 2.05) is 24.8 Å². The number of amides is 2. The average molecular weight is 452 g/mol. The van der Waals surface area contributed by atoms with E-state index in [1.54, 1.807) is 18.3 Å². The van der Waals surface area contributed by atoms with Gasteiger partial charge in [0.1, 0.15) is 5.82 Å². The summed E-state index contributed by atoms with van der Waals surface area (Å²) in [6.07, 6.45) is 1.93. The molecule has 3 N–H and O–H groups in total. The number of anilines is 1. The molecule has 33 heavy (non-hydrogen) atoms. The molecule has 8 nitrogen and oxygen atoms in total. The predicted molar refractivity (Wildman–Crippen MR) is 127 cm³/mol. The molecule has 2 amide bonds. The van der Waals surface area contributed by atoms with Crippen LogP contribution in [0.4, 0.5) is 5.82 Å². The van der Waals surface area contributed by atoms with Crippen LogP contribution in [-0.2, 0) is 17.8 Å². The van der Waals surface area contributed by atoms with Gasteiger partial charge in [-0.05, 0) is 29.7 Å². The number of nitrogens with zero attached hydrogens (tertiary/aromatic N) is 3. The van der Waals surface area contributed by atoms with Gasteiger partial charge in [0.15, 0.2) is 0 Å². The Morgan fingerprint density at radius 1 is 1.18 bits per heavy atom. The van der Waals surface area contributed by atoms with E-state index in [2.05, 4.69) is 38.7 Å². The van der Waals surface area contributed by atoms with Crippen LogP contribution in [0.2, 0.25) is 0 Å². The summed E-state index contributed by atoms with van der Waals surface area (Å²) in [5.41, 5.74) is 3.17. The van der Waals surface area contributed by atoms with Crippen molar-refractivity contribution in [1.29, 1.82) is 0 Å². The second-order valence-corrected chi connectivity index (χ2v) is 9.29. The molecule has 1 aromatic carbocycles. The van der Waals surface area contributed by atoms with E-state index in [4.69, 9.17) is 0 Å². The molecular formula is C25H33N5O3. The molecule has 0 saturated carbocycles. The number of fused-ring (bicyclic) bond motifs is 1. The molecule has 1 saturated heterocycles. The van der Waals surface area contributed by atoms with Crippen LogP contribution < -0.4 is 10.6 Å². The van der Waals surface area contributed by atoms with Crippen molar-refractivity contribution < 1.29 is 14.7 Å². The Bertz CT molecular complexity index is 990. The molecule has 2 aliphatic heterocycles. The summed E-state index contributed by atoms with van der Waals surface area (Å²) in [4.78, 5) is 32.9. The number of aliphatic hydroxyl groups is 1. The van der Waals surface area contributed by atoms with Gasteiger partial charge >= 0.3 is 0 Å². The van der Waals surface area contributed by atoms with Crippen LogP contribution in [0.5, 0.6) is 0 Å². The predicted octanol–water partition coefficient (Wildman–Crippen LogP) is 1.51. The summed E-state index contributed by atoms with van der Waals surface area (Å²) in [5.74, 6) is 0.518. The smallest absolute Gasteiger partial charge is 0.251 e. The zero-order chi connectivity index (χ0) is 23.4. The molecule has 2 aromatic rings. The van der Waals surface area contributed by atoms with Crippen molar-refractivity contribution in [2.75, 3.05) is 38.0 Å². The number of pyridine rings is 1. The Morgan fingerprint density at radius 2 is 1.94 bits per heavy atom. The highest BCUT2D eigenvalue weighted by atomic mass is 16.3. The van der Waals surface area contributed by atoms with Gasteiger partial charge in [0, 0.05) is 56.9 Å². The molecule has 8 heteroatoms. The van der Waals surface area contributed by atoms with Crippen LogP contribution in [-0.4, -0.2) is 76.6 Å². The third-order valence-corrected chi connectivity index (χ3v) is 6.24. The fraction of sp³-hybridized carbons (Fsp3) is 0.480.